The molecule has 33 heavy (non-hydrogen) atoms. The third kappa shape index (κ3) is 3.89. The first kappa shape index (κ1) is 24.7. The number of oxime groups is 1. The van der Waals surface area contributed by atoms with Gasteiger partial charge in [0.05, 0.1) is 28.8 Å². The van der Waals surface area contributed by atoms with Gasteiger partial charge in [-0.2, -0.15) is 0 Å². The second kappa shape index (κ2) is 8.79. The number of hydrogen-bond donors (Lipinski definition) is 3. The summed E-state index contributed by atoms with van der Waals surface area (Å²) in [5.74, 6) is -3.57. The Hall–Kier alpha value is -2.92. The van der Waals surface area contributed by atoms with Gasteiger partial charge in [-0.1, -0.05) is 12.1 Å². The number of nitrogens with two attached hydrogens (primary N) is 2. The van der Waals surface area contributed by atoms with Gasteiger partial charge in [0.25, 0.3) is 0 Å². The minimum Gasteiger partial charge on any atom is -0.477 e. The van der Waals surface area contributed by atoms with Crippen molar-refractivity contribution in [3.05, 3.63) is 33.6 Å². The summed E-state index contributed by atoms with van der Waals surface area (Å²) in [6, 6.07) is -0.189. The zero-order valence-corrected chi connectivity index (χ0v) is 19.0. The van der Waals surface area contributed by atoms with Crippen LogP contribution in [0.4, 0.5) is 20.2 Å². The van der Waals surface area contributed by atoms with Gasteiger partial charge in [0.2, 0.25) is 5.43 Å². The molecule has 1 saturated carbocycles. The van der Waals surface area contributed by atoms with E-state index >= 15 is 8.78 Å². The first-order valence-electron chi connectivity index (χ1n) is 10.4. The maximum Gasteiger partial charge on any atom is 0.341 e. The molecule has 2 aliphatic rings. The van der Waals surface area contributed by atoms with Crippen molar-refractivity contribution in [2.45, 2.75) is 32.7 Å². The molecule has 1 saturated heterocycles. The molecule has 1 aliphatic heterocycles. The number of nitrogen functional groups attached to an aromatic ring is 1. The zero-order valence-electron chi connectivity index (χ0n) is 18.2. The van der Waals surface area contributed by atoms with E-state index in [1.165, 1.54) is 9.47 Å². The van der Waals surface area contributed by atoms with Crippen LogP contribution in [0.2, 0.25) is 0 Å². The number of benzene rings is 1. The van der Waals surface area contributed by atoms with Gasteiger partial charge in [-0.25, -0.2) is 13.6 Å². The summed E-state index contributed by atoms with van der Waals surface area (Å²) in [6.07, 6.45) is 2.48. The Balaban J connectivity index is 0.00000306. The lowest BCUT2D eigenvalue weighted by molar-refractivity contribution is 0.0694. The van der Waals surface area contributed by atoms with Crippen LogP contribution in [0.3, 0.4) is 0 Å². The largest absolute Gasteiger partial charge is 0.477 e. The number of carboxylic acids is 1. The van der Waals surface area contributed by atoms with Crippen molar-refractivity contribution in [2.24, 2.45) is 16.3 Å². The van der Waals surface area contributed by atoms with Crippen molar-refractivity contribution in [3.8, 4) is 0 Å². The van der Waals surface area contributed by atoms with Crippen molar-refractivity contribution < 1.29 is 23.5 Å². The number of nitrogens with zero attached hydrogens (tertiary/aromatic N) is 3. The molecule has 0 spiro atoms. The van der Waals surface area contributed by atoms with Gasteiger partial charge in [0, 0.05) is 30.7 Å². The summed E-state index contributed by atoms with van der Waals surface area (Å²) < 4.78 is 32.7. The van der Waals surface area contributed by atoms with E-state index in [-0.39, 0.29) is 43.6 Å². The lowest BCUT2D eigenvalue weighted by Crippen LogP contribution is -2.36. The normalized spacial score (nSPS) is 21.5. The van der Waals surface area contributed by atoms with Crippen LogP contribution in [0.15, 0.2) is 16.1 Å². The maximum absolute atomic E-state index is 15.9. The van der Waals surface area contributed by atoms with Crippen LogP contribution in [0.1, 0.15) is 43.1 Å². The van der Waals surface area contributed by atoms with Crippen LogP contribution in [-0.2, 0) is 4.84 Å². The topological polar surface area (TPSA) is 136 Å². The summed E-state index contributed by atoms with van der Waals surface area (Å²) in [5.41, 5.74) is 9.00. The Kier molecular flexibility index (Phi) is 6.58. The van der Waals surface area contributed by atoms with Crippen LogP contribution in [0.5, 0.6) is 0 Å². The summed E-state index contributed by atoms with van der Waals surface area (Å²) in [4.78, 5) is 30.9. The molecule has 2 fully saturated rings. The highest BCUT2D eigenvalue weighted by atomic mass is 35.5. The van der Waals surface area contributed by atoms with Crippen molar-refractivity contribution in [3.63, 3.8) is 0 Å². The molecule has 2 heterocycles. The van der Waals surface area contributed by atoms with Crippen LogP contribution < -0.4 is 21.8 Å². The molecule has 2 aromatic rings. The lowest BCUT2D eigenvalue weighted by Gasteiger charge is -2.25. The third-order valence-corrected chi connectivity index (χ3v) is 6.18. The molecular formula is C21H26ClF2N5O4. The Morgan fingerprint density at radius 2 is 2.03 bits per heavy atom. The summed E-state index contributed by atoms with van der Waals surface area (Å²) in [6.45, 7) is 4.32. The molecule has 1 atom stereocenters. The molecule has 0 bridgehead atoms. The molecule has 180 valence electrons. The minimum absolute atomic E-state index is 0. The van der Waals surface area contributed by atoms with Crippen LogP contribution in [0.25, 0.3) is 10.9 Å². The van der Waals surface area contributed by atoms with E-state index in [2.05, 4.69) is 5.16 Å². The Morgan fingerprint density at radius 3 is 2.58 bits per heavy atom. The molecule has 1 aromatic heterocycles. The fourth-order valence-electron chi connectivity index (χ4n) is 4.19. The molecular weight excluding hydrogens is 460 g/mol. The number of aromatic nitrogens is 1. The van der Waals surface area contributed by atoms with E-state index in [9.17, 15) is 14.7 Å². The van der Waals surface area contributed by atoms with Gasteiger partial charge < -0.3 is 30.9 Å². The standard InChI is InChI=1S/C21H25F2N5O4.ClH/c1-3-32-26-12-7-27(9-21(12,2)8-24)18-14(22)16(25)13-17(15(18)23)28(10-4-5-10)6-11(19(13)29)20(30)31;/h6,10H,3-5,7-9,24-25H2,1-2H3,(H,30,31);1H/b26-12-;. The molecule has 0 radical (unpaired) electrons. The molecule has 0 amide bonds. The van der Waals surface area contributed by atoms with Crippen molar-refractivity contribution in [1.82, 2.24) is 4.57 Å². The maximum atomic E-state index is 15.9. The molecule has 1 aliphatic carbocycles. The summed E-state index contributed by atoms with van der Waals surface area (Å²) in [7, 11) is 0. The number of carbonyl (C=O) groups is 1. The van der Waals surface area contributed by atoms with E-state index in [1.807, 2.05) is 6.92 Å². The van der Waals surface area contributed by atoms with Crippen molar-refractivity contribution in [1.29, 1.82) is 0 Å². The Bertz CT molecular complexity index is 1210. The van der Waals surface area contributed by atoms with Gasteiger partial charge >= 0.3 is 5.97 Å². The number of anilines is 2. The van der Waals surface area contributed by atoms with Crippen LogP contribution in [0, 0.1) is 17.0 Å². The predicted molar refractivity (Wildman–Crippen MR) is 123 cm³/mol. The van der Waals surface area contributed by atoms with Gasteiger partial charge in [0.15, 0.2) is 11.6 Å². The highest BCUT2D eigenvalue weighted by Gasteiger charge is 2.43. The van der Waals surface area contributed by atoms with Crippen molar-refractivity contribution >= 4 is 46.4 Å². The first-order chi connectivity index (χ1) is 15.1. The number of aromatic carboxylic acids is 1. The number of halogens is 3. The second-order valence-corrected chi connectivity index (χ2v) is 8.51. The predicted octanol–water partition coefficient (Wildman–Crippen LogP) is 2.49. The summed E-state index contributed by atoms with van der Waals surface area (Å²) >= 11 is 0. The molecule has 4 rings (SSSR count). The number of rotatable bonds is 6. The highest BCUT2D eigenvalue weighted by molar-refractivity contribution is 6.02. The van der Waals surface area contributed by atoms with Crippen LogP contribution in [-0.4, -0.2) is 47.6 Å². The van der Waals surface area contributed by atoms with E-state index < -0.39 is 50.8 Å². The highest BCUT2D eigenvalue weighted by Crippen LogP contribution is 2.43. The fourth-order valence-corrected chi connectivity index (χ4v) is 4.19. The van der Waals surface area contributed by atoms with Crippen LogP contribution >= 0.6 is 12.4 Å². The van der Waals surface area contributed by atoms with E-state index in [0.717, 1.165) is 6.20 Å². The smallest absolute Gasteiger partial charge is 0.341 e. The monoisotopic (exact) mass is 485 g/mol. The average molecular weight is 486 g/mol. The van der Waals surface area contributed by atoms with Crippen molar-refractivity contribution in [2.75, 3.05) is 36.9 Å². The number of carboxylic acid groups (broad SMARTS) is 1. The molecule has 1 unspecified atom stereocenters. The van der Waals surface area contributed by atoms with E-state index in [1.54, 1.807) is 6.92 Å². The van der Waals surface area contributed by atoms with Gasteiger partial charge in [-0.3, -0.25) is 4.79 Å². The Labute approximate surface area is 194 Å². The molecule has 5 N–H and O–H groups in total. The van der Waals surface area contributed by atoms with E-state index in [4.69, 9.17) is 16.3 Å². The minimum atomic E-state index is -1.48. The fraction of sp³-hybridized carbons (Fsp3) is 0.476. The SMILES string of the molecule is CCO/N=C1/CN(c2c(F)c(N)c3c(=O)c(C(=O)O)cn(C4CC4)c3c2F)CC1(C)CN.Cl. The number of hydrogen-bond acceptors (Lipinski definition) is 7. The molecule has 9 nitrogen and oxygen atoms in total. The van der Waals surface area contributed by atoms with E-state index in [0.29, 0.717) is 25.2 Å². The average Bonchev–Trinajstić information content (AvgIpc) is 3.54. The molecule has 12 heteroatoms. The molecule has 1 aromatic carbocycles. The van der Waals surface area contributed by atoms with Gasteiger partial charge in [0.1, 0.15) is 17.9 Å². The zero-order chi connectivity index (χ0) is 23.4. The lowest BCUT2D eigenvalue weighted by atomic mass is 9.88. The van der Waals surface area contributed by atoms with Gasteiger partial charge in [-0.15, -0.1) is 12.4 Å². The summed E-state index contributed by atoms with van der Waals surface area (Å²) in [5, 5.41) is 13.0. The number of fused-ring (bicyclic) bond motifs is 1. The number of pyridine rings is 1. The third-order valence-electron chi connectivity index (χ3n) is 6.18. The Morgan fingerprint density at radius 1 is 1.36 bits per heavy atom. The quantitative estimate of drug-likeness (QED) is 0.422. The second-order valence-electron chi connectivity index (χ2n) is 8.51. The van der Waals surface area contributed by atoms with Gasteiger partial charge in [-0.05, 0) is 19.8 Å². The first-order valence-corrected chi connectivity index (χ1v) is 10.4.